The maximum atomic E-state index is 12.6. The van der Waals surface area contributed by atoms with Crippen molar-refractivity contribution >= 4 is 11.8 Å². The summed E-state index contributed by atoms with van der Waals surface area (Å²) in [5, 5.41) is 6.02. The van der Waals surface area contributed by atoms with Crippen molar-refractivity contribution in [3.63, 3.8) is 0 Å². The lowest BCUT2D eigenvalue weighted by Crippen LogP contribution is -2.37. The van der Waals surface area contributed by atoms with E-state index in [0.29, 0.717) is 5.56 Å². The van der Waals surface area contributed by atoms with Crippen molar-refractivity contribution < 1.29 is 14.0 Å². The Bertz CT molecular complexity index is 892. The number of benzene rings is 2. The van der Waals surface area contributed by atoms with Gasteiger partial charge in [-0.05, 0) is 43.2 Å². The van der Waals surface area contributed by atoms with Gasteiger partial charge in [0.2, 0.25) is 5.91 Å². The number of furan rings is 1. The van der Waals surface area contributed by atoms with Crippen molar-refractivity contribution in [2.45, 2.75) is 38.3 Å². The lowest BCUT2D eigenvalue weighted by Gasteiger charge is -2.21. The Morgan fingerprint density at radius 3 is 2.24 bits per heavy atom. The number of carbonyl (C=O) groups excluding carboxylic acids is 2. The molecule has 3 aromatic rings. The molecule has 0 bridgehead atoms. The first kappa shape index (κ1) is 20.4. The summed E-state index contributed by atoms with van der Waals surface area (Å²) in [6.45, 7) is 1.97. The van der Waals surface area contributed by atoms with Crippen LogP contribution >= 0.6 is 0 Å². The fraction of sp³-hybridized carbons (Fsp3) is 0.250. The highest BCUT2D eigenvalue weighted by Crippen LogP contribution is 2.18. The minimum atomic E-state index is -0.402. The highest BCUT2D eigenvalue weighted by atomic mass is 16.3. The number of carbonyl (C=O) groups is 2. The molecule has 2 N–H and O–H groups in total. The predicted molar refractivity (Wildman–Crippen MR) is 112 cm³/mol. The molecule has 0 aliphatic rings. The van der Waals surface area contributed by atoms with E-state index in [1.807, 2.05) is 67.6 Å². The molecule has 0 fully saturated rings. The summed E-state index contributed by atoms with van der Waals surface area (Å²) in [6.07, 6.45) is 3.37. The summed E-state index contributed by atoms with van der Waals surface area (Å²) < 4.78 is 5.34. The average molecular weight is 390 g/mol. The van der Waals surface area contributed by atoms with Gasteiger partial charge in [-0.3, -0.25) is 9.59 Å². The molecule has 150 valence electrons. The zero-order chi connectivity index (χ0) is 20.5. The molecule has 2 atom stereocenters. The molecule has 5 nitrogen and oxygen atoms in total. The molecular formula is C24H26N2O3. The Morgan fingerprint density at radius 1 is 0.897 bits per heavy atom. The molecule has 0 saturated carbocycles. The van der Waals surface area contributed by atoms with Gasteiger partial charge in [-0.15, -0.1) is 0 Å². The Kier molecular flexibility index (Phi) is 7.22. The fourth-order valence-electron chi connectivity index (χ4n) is 3.17. The number of nitrogens with one attached hydrogen (secondary N) is 2. The Morgan fingerprint density at radius 2 is 1.59 bits per heavy atom. The van der Waals surface area contributed by atoms with E-state index in [1.54, 1.807) is 18.4 Å². The van der Waals surface area contributed by atoms with Gasteiger partial charge in [-0.2, -0.15) is 0 Å². The molecule has 2 amide bonds. The third kappa shape index (κ3) is 6.35. The monoisotopic (exact) mass is 390 g/mol. The molecule has 2 aromatic carbocycles. The van der Waals surface area contributed by atoms with Gasteiger partial charge in [-0.25, -0.2) is 0 Å². The normalized spacial score (nSPS) is 12.7. The standard InChI is InChI=1S/C24H26N2O3/c1-18(14-15-21-13-8-16-29-21)25-23(27)17-22(19-9-4-2-5-10-19)26-24(28)20-11-6-3-7-12-20/h2-13,16,18,22H,14-15,17H2,1H3,(H,25,27)(H,26,28)/t18-,22-/m1/s1. The van der Waals surface area contributed by atoms with Gasteiger partial charge in [0.25, 0.3) is 5.91 Å². The van der Waals surface area contributed by atoms with Crippen molar-refractivity contribution in [3.8, 4) is 0 Å². The van der Waals surface area contributed by atoms with Crippen LogP contribution < -0.4 is 10.6 Å². The van der Waals surface area contributed by atoms with Crippen LogP contribution in [0.3, 0.4) is 0 Å². The Labute approximate surface area is 171 Å². The lowest BCUT2D eigenvalue weighted by atomic mass is 10.0. The van der Waals surface area contributed by atoms with Gasteiger partial charge >= 0.3 is 0 Å². The maximum Gasteiger partial charge on any atom is 0.251 e. The highest BCUT2D eigenvalue weighted by molar-refractivity contribution is 5.94. The third-order valence-corrected chi connectivity index (χ3v) is 4.74. The van der Waals surface area contributed by atoms with Crippen LogP contribution in [0, 0.1) is 0 Å². The van der Waals surface area contributed by atoms with Crippen LogP contribution in [0.25, 0.3) is 0 Å². The summed E-state index contributed by atoms with van der Waals surface area (Å²) in [4.78, 5) is 25.2. The van der Waals surface area contributed by atoms with Crippen molar-refractivity contribution in [1.29, 1.82) is 0 Å². The fourth-order valence-corrected chi connectivity index (χ4v) is 3.17. The minimum absolute atomic E-state index is 0.00819. The first-order valence-corrected chi connectivity index (χ1v) is 9.84. The predicted octanol–water partition coefficient (Wildman–Crippen LogP) is 4.28. The van der Waals surface area contributed by atoms with E-state index in [9.17, 15) is 9.59 Å². The minimum Gasteiger partial charge on any atom is -0.469 e. The quantitative estimate of drug-likeness (QED) is 0.573. The number of aryl methyl sites for hydroxylation is 1. The van der Waals surface area contributed by atoms with E-state index >= 15 is 0 Å². The van der Waals surface area contributed by atoms with Crippen LogP contribution in [0.15, 0.2) is 83.5 Å². The van der Waals surface area contributed by atoms with Gasteiger partial charge in [0, 0.05) is 18.0 Å². The lowest BCUT2D eigenvalue weighted by molar-refractivity contribution is -0.122. The molecule has 0 aliphatic heterocycles. The van der Waals surface area contributed by atoms with Gasteiger partial charge in [-0.1, -0.05) is 48.5 Å². The second kappa shape index (κ2) is 10.3. The molecule has 29 heavy (non-hydrogen) atoms. The summed E-state index contributed by atoms with van der Waals surface area (Å²) in [6, 6.07) is 22.0. The van der Waals surface area contributed by atoms with Gasteiger partial charge in [0.15, 0.2) is 0 Å². The zero-order valence-electron chi connectivity index (χ0n) is 16.5. The van der Waals surface area contributed by atoms with Gasteiger partial charge in [0.05, 0.1) is 18.7 Å². The smallest absolute Gasteiger partial charge is 0.251 e. The summed E-state index contributed by atoms with van der Waals surface area (Å²) >= 11 is 0. The summed E-state index contributed by atoms with van der Waals surface area (Å²) in [5.41, 5.74) is 1.47. The van der Waals surface area contributed by atoms with Crippen LogP contribution in [0.1, 0.15) is 47.5 Å². The van der Waals surface area contributed by atoms with Crippen molar-refractivity contribution in [3.05, 3.63) is 95.9 Å². The molecule has 0 aliphatic carbocycles. The molecular weight excluding hydrogens is 364 g/mol. The van der Waals surface area contributed by atoms with Crippen molar-refractivity contribution in [1.82, 2.24) is 10.6 Å². The van der Waals surface area contributed by atoms with E-state index in [0.717, 1.165) is 24.2 Å². The van der Waals surface area contributed by atoms with E-state index in [2.05, 4.69) is 10.6 Å². The molecule has 5 heteroatoms. The number of hydrogen-bond acceptors (Lipinski definition) is 3. The molecule has 0 unspecified atom stereocenters. The zero-order valence-corrected chi connectivity index (χ0v) is 16.5. The highest BCUT2D eigenvalue weighted by Gasteiger charge is 2.20. The maximum absolute atomic E-state index is 12.6. The van der Waals surface area contributed by atoms with Crippen molar-refractivity contribution in [2.24, 2.45) is 0 Å². The van der Waals surface area contributed by atoms with Crippen LogP contribution in [0.5, 0.6) is 0 Å². The molecule has 0 radical (unpaired) electrons. The van der Waals surface area contributed by atoms with Crippen LogP contribution in [0.2, 0.25) is 0 Å². The average Bonchev–Trinajstić information content (AvgIpc) is 3.27. The molecule has 0 saturated heterocycles. The number of amides is 2. The number of hydrogen-bond donors (Lipinski definition) is 2. The SMILES string of the molecule is C[C@H](CCc1ccco1)NC(=O)C[C@@H](NC(=O)c1ccccc1)c1ccccc1. The second-order valence-corrected chi connectivity index (χ2v) is 7.09. The van der Waals surface area contributed by atoms with E-state index in [4.69, 9.17) is 4.42 Å². The number of rotatable bonds is 9. The van der Waals surface area contributed by atoms with Gasteiger partial charge in [0.1, 0.15) is 5.76 Å². The molecule has 1 aromatic heterocycles. The van der Waals surface area contributed by atoms with E-state index < -0.39 is 6.04 Å². The Hall–Kier alpha value is -3.34. The summed E-state index contributed by atoms with van der Waals surface area (Å²) in [7, 11) is 0. The first-order valence-electron chi connectivity index (χ1n) is 9.84. The first-order chi connectivity index (χ1) is 14.1. The van der Waals surface area contributed by atoms with Crippen LogP contribution in [-0.4, -0.2) is 17.9 Å². The Balaban J connectivity index is 1.60. The topological polar surface area (TPSA) is 71.3 Å². The summed E-state index contributed by atoms with van der Waals surface area (Å²) in [5.74, 6) is 0.612. The van der Waals surface area contributed by atoms with E-state index in [1.165, 1.54) is 0 Å². The second-order valence-electron chi connectivity index (χ2n) is 7.09. The van der Waals surface area contributed by atoms with Gasteiger partial charge < -0.3 is 15.1 Å². The van der Waals surface area contributed by atoms with Crippen molar-refractivity contribution in [2.75, 3.05) is 0 Å². The molecule has 1 heterocycles. The third-order valence-electron chi connectivity index (χ3n) is 4.74. The van der Waals surface area contributed by atoms with Crippen LogP contribution in [-0.2, 0) is 11.2 Å². The largest absolute Gasteiger partial charge is 0.469 e. The molecule has 0 spiro atoms. The van der Waals surface area contributed by atoms with Crippen LogP contribution in [0.4, 0.5) is 0 Å². The molecule has 3 rings (SSSR count). The van der Waals surface area contributed by atoms with E-state index in [-0.39, 0.29) is 24.3 Å².